The number of aromatic amines is 1. The molecule has 2 aromatic carbocycles. The number of anilines is 3. The number of amides is 2. The summed E-state index contributed by atoms with van der Waals surface area (Å²) < 4.78 is 5.91. The Kier molecular flexibility index (Phi) is 7.04. The van der Waals surface area contributed by atoms with E-state index in [0.29, 0.717) is 59.4 Å². The van der Waals surface area contributed by atoms with Gasteiger partial charge in [-0.25, -0.2) is 4.98 Å². The standard InChI is InChI=1S/C29H31N7O4/c1-17-15-20(40-14-4-13-36-27(38)21-5-2-3-6-22(21)28(36)39)11-12-23(17)33-29-34-25-24(30-16-31-25)26(35-29)32-18-7-9-19(37)10-8-18/h2-3,5-6,11-12,15-16,18-19,37H,4,7-10,13-14H2,1H3,(H3,30,31,32,33,34,35)/t18-,19-. The van der Waals surface area contributed by atoms with Crippen molar-refractivity contribution in [2.75, 3.05) is 23.8 Å². The van der Waals surface area contributed by atoms with Crippen LogP contribution in [0.15, 0.2) is 48.8 Å². The fraction of sp³-hybridized carbons (Fsp3) is 0.345. The molecule has 6 rings (SSSR count). The molecule has 2 aromatic heterocycles. The lowest BCUT2D eigenvalue weighted by Gasteiger charge is -2.26. The number of imide groups is 1. The normalized spacial score (nSPS) is 18.7. The predicted octanol–water partition coefficient (Wildman–Crippen LogP) is 4.19. The van der Waals surface area contributed by atoms with Gasteiger partial charge in [0, 0.05) is 18.3 Å². The minimum Gasteiger partial charge on any atom is -0.494 e. The van der Waals surface area contributed by atoms with Crippen LogP contribution in [0.3, 0.4) is 0 Å². The van der Waals surface area contributed by atoms with Crippen LogP contribution in [0.25, 0.3) is 11.2 Å². The summed E-state index contributed by atoms with van der Waals surface area (Å²) >= 11 is 0. The molecule has 4 N–H and O–H groups in total. The molecule has 0 bridgehead atoms. The molecule has 2 amide bonds. The summed E-state index contributed by atoms with van der Waals surface area (Å²) in [5.74, 6) is 1.28. The van der Waals surface area contributed by atoms with E-state index in [0.717, 1.165) is 36.9 Å². The molecule has 0 atom stereocenters. The molecule has 1 aliphatic heterocycles. The Balaban J connectivity index is 1.06. The zero-order valence-electron chi connectivity index (χ0n) is 22.2. The molecule has 11 heteroatoms. The maximum absolute atomic E-state index is 12.5. The van der Waals surface area contributed by atoms with Gasteiger partial charge >= 0.3 is 0 Å². The molecule has 40 heavy (non-hydrogen) atoms. The molecular weight excluding hydrogens is 510 g/mol. The first kappa shape index (κ1) is 25.8. The number of imidazole rings is 1. The molecule has 3 heterocycles. The number of H-pyrrole nitrogens is 1. The van der Waals surface area contributed by atoms with Gasteiger partial charge in [-0.05, 0) is 74.9 Å². The number of aliphatic hydroxyl groups excluding tert-OH is 1. The Morgan fingerprint density at radius 1 is 1.05 bits per heavy atom. The minimum absolute atomic E-state index is 0.223. The van der Waals surface area contributed by atoms with Gasteiger partial charge in [-0.1, -0.05) is 12.1 Å². The highest BCUT2D eigenvalue weighted by Gasteiger charge is 2.34. The van der Waals surface area contributed by atoms with Crippen molar-refractivity contribution in [2.24, 2.45) is 0 Å². The Bertz CT molecular complexity index is 1530. The summed E-state index contributed by atoms with van der Waals surface area (Å²) in [7, 11) is 0. The van der Waals surface area contributed by atoms with Crippen molar-refractivity contribution < 1.29 is 19.4 Å². The lowest BCUT2D eigenvalue weighted by molar-refractivity contribution is 0.0646. The van der Waals surface area contributed by atoms with Gasteiger partial charge in [0.05, 0.1) is 30.2 Å². The second-order valence-electron chi connectivity index (χ2n) is 10.3. The number of aromatic nitrogens is 4. The van der Waals surface area contributed by atoms with Crippen LogP contribution in [-0.2, 0) is 0 Å². The number of nitrogens with one attached hydrogen (secondary N) is 3. The fourth-order valence-electron chi connectivity index (χ4n) is 5.25. The quantitative estimate of drug-likeness (QED) is 0.181. The number of ether oxygens (including phenoxy) is 1. The zero-order valence-corrected chi connectivity index (χ0v) is 22.2. The number of nitrogens with zero attached hydrogens (tertiary/aromatic N) is 4. The molecular formula is C29H31N7O4. The number of hydrogen-bond donors (Lipinski definition) is 4. The molecule has 2 aliphatic rings. The summed E-state index contributed by atoms with van der Waals surface area (Å²) in [5, 5.41) is 16.6. The van der Waals surface area contributed by atoms with E-state index in [4.69, 9.17) is 9.72 Å². The van der Waals surface area contributed by atoms with Gasteiger partial charge in [-0.15, -0.1) is 0 Å². The van der Waals surface area contributed by atoms with Crippen LogP contribution in [0.1, 0.15) is 58.4 Å². The molecule has 1 aliphatic carbocycles. The Morgan fingerprint density at radius 3 is 2.52 bits per heavy atom. The minimum atomic E-state index is -0.252. The van der Waals surface area contributed by atoms with E-state index >= 15 is 0 Å². The summed E-state index contributed by atoms with van der Waals surface area (Å²) in [6.07, 6.45) is 5.19. The molecule has 0 unspecified atom stereocenters. The van der Waals surface area contributed by atoms with Crippen molar-refractivity contribution in [2.45, 2.75) is 51.2 Å². The van der Waals surface area contributed by atoms with Crippen molar-refractivity contribution in [1.82, 2.24) is 24.8 Å². The Labute approximate surface area is 231 Å². The summed E-state index contributed by atoms with van der Waals surface area (Å²) in [6, 6.07) is 12.8. The molecule has 1 fully saturated rings. The van der Waals surface area contributed by atoms with Gasteiger partial charge < -0.3 is 25.5 Å². The van der Waals surface area contributed by atoms with Crippen molar-refractivity contribution in [1.29, 1.82) is 0 Å². The van der Waals surface area contributed by atoms with Gasteiger partial charge in [-0.2, -0.15) is 9.97 Å². The van der Waals surface area contributed by atoms with Crippen LogP contribution in [0.5, 0.6) is 5.75 Å². The van der Waals surface area contributed by atoms with E-state index in [1.807, 2.05) is 25.1 Å². The Morgan fingerprint density at radius 2 is 1.80 bits per heavy atom. The average molecular weight is 542 g/mol. The van der Waals surface area contributed by atoms with Gasteiger partial charge in [0.2, 0.25) is 5.95 Å². The SMILES string of the molecule is Cc1cc(OCCCN2C(=O)c3ccccc3C2=O)ccc1Nc1nc(N[C@H]2CC[C@H](O)CC2)c2nc[nH]c2n1. The van der Waals surface area contributed by atoms with Crippen LogP contribution in [0.4, 0.5) is 17.5 Å². The van der Waals surface area contributed by atoms with Crippen LogP contribution >= 0.6 is 0 Å². The first-order chi connectivity index (χ1) is 19.5. The van der Waals surface area contributed by atoms with Crippen LogP contribution in [0.2, 0.25) is 0 Å². The molecule has 1 saturated carbocycles. The number of benzene rings is 2. The third-order valence-corrected chi connectivity index (χ3v) is 7.43. The summed E-state index contributed by atoms with van der Waals surface area (Å²) in [5.41, 5.74) is 4.01. The highest BCUT2D eigenvalue weighted by atomic mass is 16.5. The maximum Gasteiger partial charge on any atom is 0.261 e. The lowest BCUT2D eigenvalue weighted by Crippen LogP contribution is -2.31. The van der Waals surface area contributed by atoms with Gasteiger partial charge in [0.25, 0.3) is 11.8 Å². The third kappa shape index (κ3) is 5.20. The predicted molar refractivity (Wildman–Crippen MR) is 150 cm³/mol. The number of rotatable bonds is 9. The van der Waals surface area contributed by atoms with Crippen molar-refractivity contribution in [3.05, 3.63) is 65.5 Å². The van der Waals surface area contributed by atoms with Gasteiger partial charge in [0.15, 0.2) is 11.5 Å². The number of aryl methyl sites for hydroxylation is 1. The first-order valence-electron chi connectivity index (χ1n) is 13.6. The smallest absolute Gasteiger partial charge is 0.261 e. The highest BCUT2D eigenvalue weighted by Crippen LogP contribution is 2.28. The first-order valence-corrected chi connectivity index (χ1v) is 13.6. The Hall–Kier alpha value is -4.51. The zero-order chi connectivity index (χ0) is 27.6. The van der Waals surface area contributed by atoms with E-state index in [2.05, 4.69) is 25.6 Å². The molecule has 0 saturated heterocycles. The summed E-state index contributed by atoms with van der Waals surface area (Å²) in [6.45, 7) is 2.64. The van der Waals surface area contributed by atoms with Crippen molar-refractivity contribution in [3.63, 3.8) is 0 Å². The molecule has 0 radical (unpaired) electrons. The maximum atomic E-state index is 12.5. The number of carbonyl (C=O) groups is 2. The third-order valence-electron chi connectivity index (χ3n) is 7.43. The monoisotopic (exact) mass is 541 g/mol. The average Bonchev–Trinajstić information content (AvgIpc) is 3.53. The summed E-state index contributed by atoms with van der Waals surface area (Å²) in [4.78, 5) is 43.0. The second-order valence-corrected chi connectivity index (χ2v) is 10.3. The highest BCUT2D eigenvalue weighted by molar-refractivity contribution is 6.21. The van der Waals surface area contributed by atoms with Gasteiger partial charge in [0.1, 0.15) is 11.3 Å². The number of carbonyl (C=O) groups excluding carboxylic acids is 2. The molecule has 0 spiro atoms. The van der Waals surface area contributed by atoms with E-state index in [-0.39, 0.29) is 24.0 Å². The van der Waals surface area contributed by atoms with Crippen molar-refractivity contribution in [3.8, 4) is 5.75 Å². The number of aliphatic hydroxyl groups is 1. The lowest BCUT2D eigenvalue weighted by atomic mass is 9.93. The van der Waals surface area contributed by atoms with Crippen LogP contribution in [0, 0.1) is 6.92 Å². The topological polar surface area (TPSA) is 145 Å². The van der Waals surface area contributed by atoms with E-state index in [1.165, 1.54) is 4.90 Å². The van der Waals surface area contributed by atoms with Gasteiger partial charge in [-0.3, -0.25) is 14.5 Å². The van der Waals surface area contributed by atoms with Crippen LogP contribution < -0.4 is 15.4 Å². The van der Waals surface area contributed by atoms with Crippen molar-refractivity contribution >= 4 is 40.4 Å². The molecule has 4 aromatic rings. The van der Waals surface area contributed by atoms with Crippen LogP contribution in [-0.4, -0.2) is 67.1 Å². The molecule has 11 nitrogen and oxygen atoms in total. The fourth-order valence-corrected chi connectivity index (χ4v) is 5.25. The molecule has 206 valence electrons. The number of hydrogen-bond acceptors (Lipinski definition) is 9. The van der Waals surface area contributed by atoms with E-state index in [1.54, 1.807) is 30.6 Å². The van der Waals surface area contributed by atoms with E-state index in [9.17, 15) is 14.7 Å². The largest absolute Gasteiger partial charge is 0.494 e. The van der Waals surface area contributed by atoms with E-state index < -0.39 is 0 Å². The second kappa shape index (κ2) is 10.9. The number of fused-ring (bicyclic) bond motifs is 2.